The fourth-order valence-corrected chi connectivity index (χ4v) is 2.09. The first kappa shape index (κ1) is 18.5. The third kappa shape index (κ3) is 4.85. The van der Waals surface area contributed by atoms with Gasteiger partial charge in [0.1, 0.15) is 11.8 Å². The number of benzene rings is 2. The zero-order valence-corrected chi connectivity index (χ0v) is 13.9. The molecule has 0 saturated carbocycles. The van der Waals surface area contributed by atoms with Gasteiger partial charge in [-0.05, 0) is 30.3 Å². The van der Waals surface area contributed by atoms with Crippen molar-refractivity contribution in [3.05, 3.63) is 58.1 Å². The molecule has 0 unspecified atom stereocenters. The van der Waals surface area contributed by atoms with Crippen LogP contribution in [0.3, 0.4) is 0 Å². The van der Waals surface area contributed by atoms with Crippen LogP contribution in [0.15, 0.2) is 52.7 Å². The molecule has 0 aliphatic heterocycles. The van der Waals surface area contributed by atoms with Gasteiger partial charge in [-0.1, -0.05) is 0 Å². The molecule has 132 valence electrons. The minimum atomic E-state index is -0.862. The number of azo groups is 1. The van der Waals surface area contributed by atoms with Gasteiger partial charge in [0.05, 0.1) is 22.6 Å². The van der Waals surface area contributed by atoms with Crippen LogP contribution in [0.2, 0.25) is 0 Å². The van der Waals surface area contributed by atoms with Crippen LogP contribution in [0.1, 0.15) is 12.0 Å². The maximum absolute atomic E-state index is 10.7. The Balaban J connectivity index is 2.12. The Morgan fingerprint density at radius 1 is 1.27 bits per heavy atom. The van der Waals surface area contributed by atoms with Crippen molar-refractivity contribution in [2.45, 2.75) is 6.42 Å². The van der Waals surface area contributed by atoms with E-state index in [1.807, 2.05) is 6.07 Å². The van der Waals surface area contributed by atoms with Crippen LogP contribution in [0.25, 0.3) is 0 Å². The SMILES string of the molecule is CN(CCC(=O)O)c1ccc(N=Nc2ccc([N+](=O)[O-])cc2C#N)cc1. The van der Waals surface area contributed by atoms with Crippen LogP contribution in [-0.4, -0.2) is 29.6 Å². The van der Waals surface area contributed by atoms with Gasteiger partial charge in [-0.25, -0.2) is 0 Å². The van der Waals surface area contributed by atoms with E-state index in [9.17, 15) is 14.9 Å². The van der Waals surface area contributed by atoms with Crippen LogP contribution in [-0.2, 0) is 4.79 Å². The van der Waals surface area contributed by atoms with Crippen molar-refractivity contribution in [1.29, 1.82) is 5.26 Å². The molecule has 26 heavy (non-hydrogen) atoms. The molecule has 0 amide bonds. The average molecular weight is 353 g/mol. The summed E-state index contributed by atoms with van der Waals surface area (Å²) in [5.74, 6) is -0.862. The number of nitrogens with zero attached hydrogens (tertiary/aromatic N) is 5. The summed E-state index contributed by atoms with van der Waals surface area (Å²) in [4.78, 5) is 22.6. The number of hydrogen-bond donors (Lipinski definition) is 1. The maximum Gasteiger partial charge on any atom is 0.305 e. The molecular weight excluding hydrogens is 338 g/mol. The number of carboxylic acids is 1. The third-order valence-electron chi connectivity index (χ3n) is 3.54. The lowest BCUT2D eigenvalue weighted by Crippen LogP contribution is -2.20. The van der Waals surface area contributed by atoms with Crippen LogP contribution < -0.4 is 4.90 Å². The van der Waals surface area contributed by atoms with Gasteiger partial charge in [-0.15, -0.1) is 5.11 Å². The highest BCUT2D eigenvalue weighted by atomic mass is 16.6. The molecule has 0 spiro atoms. The van der Waals surface area contributed by atoms with Crippen molar-refractivity contribution in [1.82, 2.24) is 0 Å². The van der Waals surface area contributed by atoms with E-state index in [-0.39, 0.29) is 23.4 Å². The predicted octanol–water partition coefficient (Wildman–Crippen LogP) is 3.79. The lowest BCUT2D eigenvalue weighted by molar-refractivity contribution is -0.384. The summed E-state index contributed by atoms with van der Waals surface area (Å²) in [6.45, 7) is 0.379. The number of nitro groups is 1. The normalized spacial score (nSPS) is 10.5. The van der Waals surface area contributed by atoms with Crippen LogP contribution in [0, 0.1) is 21.4 Å². The molecule has 2 aromatic rings. The summed E-state index contributed by atoms with van der Waals surface area (Å²) in [7, 11) is 1.79. The fourth-order valence-electron chi connectivity index (χ4n) is 2.09. The van der Waals surface area contributed by atoms with Crippen molar-refractivity contribution in [3.8, 4) is 6.07 Å². The Kier molecular flexibility index (Phi) is 5.95. The molecule has 9 nitrogen and oxygen atoms in total. The van der Waals surface area contributed by atoms with E-state index >= 15 is 0 Å². The Bertz CT molecular complexity index is 887. The molecule has 0 atom stereocenters. The van der Waals surface area contributed by atoms with Crippen molar-refractivity contribution in [3.63, 3.8) is 0 Å². The molecule has 0 aromatic heterocycles. The Morgan fingerprint density at radius 3 is 2.54 bits per heavy atom. The molecule has 1 N–H and O–H groups in total. The Hall–Kier alpha value is -3.80. The van der Waals surface area contributed by atoms with Gasteiger partial charge in [-0.2, -0.15) is 10.4 Å². The topological polar surface area (TPSA) is 132 Å². The standard InChI is InChI=1S/C17H15N5O4/c1-21(9-8-17(23)24)14-4-2-13(3-5-14)19-20-16-7-6-15(22(25)26)10-12(16)11-18/h2-7,10H,8-9H2,1H3,(H,23,24). The van der Waals surface area contributed by atoms with Crippen molar-refractivity contribution in [2.75, 3.05) is 18.5 Å². The van der Waals surface area contributed by atoms with E-state index in [4.69, 9.17) is 10.4 Å². The van der Waals surface area contributed by atoms with Crippen molar-refractivity contribution < 1.29 is 14.8 Å². The van der Waals surface area contributed by atoms with Gasteiger partial charge in [0.25, 0.3) is 5.69 Å². The molecular formula is C17H15N5O4. The molecule has 0 heterocycles. The lowest BCUT2D eigenvalue weighted by Gasteiger charge is -2.17. The maximum atomic E-state index is 10.7. The molecule has 2 aromatic carbocycles. The minimum absolute atomic E-state index is 0.0367. The zero-order chi connectivity index (χ0) is 19.1. The predicted molar refractivity (Wildman–Crippen MR) is 94.0 cm³/mol. The highest BCUT2D eigenvalue weighted by molar-refractivity contribution is 5.67. The summed E-state index contributed by atoms with van der Waals surface area (Å²) in [6, 6.07) is 12.6. The number of anilines is 1. The summed E-state index contributed by atoms with van der Waals surface area (Å²) in [5, 5.41) is 36.5. The fraction of sp³-hybridized carbons (Fsp3) is 0.176. The Labute approximate surface area is 149 Å². The lowest BCUT2D eigenvalue weighted by atomic mass is 10.2. The summed E-state index contributed by atoms with van der Waals surface area (Å²) in [5.41, 5.74) is 1.48. The number of carbonyl (C=O) groups is 1. The molecule has 0 radical (unpaired) electrons. The first-order valence-corrected chi connectivity index (χ1v) is 7.54. The Morgan fingerprint density at radius 2 is 1.96 bits per heavy atom. The van der Waals surface area contributed by atoms with Crippen molar-refractivity contribution in [2.24, 2.45) is 10.2 Å². The second-order valence-electron chi connectivity index (χ2n) is 5.35. The van der Waals surface area contributed by atoms with E-state index in [0.29, 0.717) is 12.2 Å². The molecule has 9 heteroatoms. The second kappa shape index (κ2) is 8.34. The summed E-state index contributed by atoms with van der Waals surface area (Å²) >= 11 is 0. The number of nitro benzene ring substituents is 1. The molecule has 0 bridgehead atoms. The van der Waals surface area contributed by atoms with E-state index in [2.05, 4.69) is 10.2 Å². The second-order valence-corrected chi connectivity index (χ2v) is 5.35. The van der Waals surface area contributed by atoms with Gasteiger partial charge < -0.3 is 10.0 Å². The number of rotatable bonds is 7. The van der Waals surface area contributed by atoms with Crippen LogP contribution >= 0.6 is 0 Å². The zero-order valence-electron chi connectivity index (χ0n) is 13.9. The largest absolute Gasteiger partial charge is 0.481 e. The highest BCUT2D eigenvalue weighted by Crippen LogP contribution is 2.26. The molecule has 2 rings (SSSR count). The van der Waals surface area contributed by atoms with Crippen LogP contribution in [0.5, 0.6) is 0 Å². The first-order valence-electron chi connectivity index (χ1n) is 7.54. The van der Waals surface area contributed by atoms with E-state index < -0.39 is 10.9 Å². The van der Waals surface area contributed by atoms with Gasteiger partial charge in [0.2, 0.25) is 0 Å². The molecule has 0 aliphatic rings. The van der Waals surface area contributed by atoms with E-state index in [1.54, 1.807) is 36.2 Å². The summed E-state index contributed by atoms with van der Waals surface area (Å²) in [6.07, 6.45) is 0.0367. The summed E-state index contributed by atoms with van der Waals surface area (Å²) < 4.78 is 0. The minimum Gasteiger partial charge on any atom is -0.481 e. The highest BCUT2D eigenvalue weighted by Gasteiger charge is 2.10. The number of nitriles is 1. The quantitative estimate of drug-likeness (QED) is 0.457. The average Bonchev–Trinajstić information content (AvgIpc) is 2.64. The van der Waals surface area contributed by atoms with Gasteiger partial charge in [0, 0.05) is 31.4 Å². The van der Waals surface area contributed by atoms with Gasteiger partial charge >= 0.3 is 5.97 Å². The monoisotopic (exact) mass is 353 g/mol. The molecule has 0 fully saturated rings. The van der Waals surface area contributed by atoms with E-state index in [1.165, 1.54) is 12.1 Å². The van der Waals surface area contributed by atoms with Gasteiger partial charge in [0.15, 0.2) is 0 Å². The van der Waals surface area contributed by atoms with Gasteiger partial charge in [-0.3, -0.25) is 14.9 Å². The third-order valence-corrected chi connectivity index (χ3v) is 3.54. The number of carboxylic acid groups (broad SMARTS) is 1. The first-order chi connectivity index (χ1) is 12.4. The number of aliphatic carboxylic acids is 1. The van der Waals surface area contributed by atoms with Crippen LogP contribution in [0.4, 0.5) is 22.7 Å². The smallest absolute Gasteiger partial charge is 0.305 e. The number of hydrogen-bond acceptors (Lipinski definition) is 7. The number of non-ortho nitro benzene ring substituents is 1. The molecule has 0 aliphatic carbocycles. The molecule has 0 saturated heterocycles. The van der Waals surface area contributed by atoms with E-state index in [0.717, 1.165) is 11.8 Å². The van der Waals surface area contributed by atoms with Crippen molar-refractivity contribution >= 4 is 28.7 Å².